The molecule has 0 radical (unpaired) electrons. The van der Waals surface area contributed by atoms with E-state index < -0.39 is 18.5 Å². The fraction of sp³-hybridized carbons (Fsp3) is 0.152. The molecule has 0 aliphatic heterocycles. The Bertz CT molecular complexity index is 1410. The predicted molar refractivity (Wildman–Crippen MR) is 154 cm³/mol. The van der Waals surface area contributed by atoms with Crippen molar-refractivity contribution in [1.29, 1.82) is 0 Å². The summed E-state index contributed by atoms with van der Waals surface area (Å²) in [5, 5.41) is 1.82. The van der Waals surface area contributed by atoms with Crippen molar-refractivity contribution in [2.75, 3.05) is 0 Å². The summed E-state index contributed by atoms with van der Waals surface area (Å²) in [5.74, 6) is -1.63. The highest BCUT2D eigenvalue weighted by Crippen LogP contribution is 2.45. The largest absolute Gasteiger partial charge is 0.309 e. The first kappa shape index (κ1) is 26.3. The van der Waals surface area contributed by atoms with Crippen LogP contribution in [0.5, 0.6) is 0 Å². The Kier molecular flexibility index (Phi) is 7.86. The van der Waals surface area contributed by atoms with Gasteiger partial charge >= 0.3 is 0 Å². The van der Waals surface area contributed by atoms with Crippen LogP contribution in [0.4, 0.5) is 0 Å². The molecule has 4 rings (SSSR count). The van der Waals surface area contributed by atoms with E-state index in [1.807, 2.05) is 118 Å². The maximum Gasteiger partial charge on any atom is 0.171 e. The molecular weight excluding hydrogens is 475 g/mol. The molecule has 1 unspecified atom stereocenters. The Labute approximate surface area is 219 Å². The molecule has 1 atom stereocenters. The monoisotopic (exact) mass is 506 g/mol. The molecule has 0 saturated carbocycles. The Hall–Kier alpha value is -3.81. The quantitative estimate of drug-likeness (QED) is 0.160. The maximum atomic E-state index is 15.2. The first-order valence-corrected chi connectivity index (χ1v) is 14.1. The van der Waals surface area contributed by atoms with Gasteiger partial charge < -0.3 is 4.57 Å². The highest BCUT2D eigenvalue weighted by atomic mass is 31.2. The molecule has 0 saturated heterocycles. The van der Waals surface area contributed by atoms with Gasteiger partial charge in [0.15, 0.2) is 18.7 Å². The van der Waals surface area contributed by atoms with Crippen LogP contribution in [-0.2, 0) is 14.2 Å². The SMILES string of the molecule is CC(C)(C)C(=O)C(C(=O)/C=C/c1ccccc1)c1ccccc1P(=O)(c1ccccc1)c1ccccc1. The van der Waals surface area contributed by atoms with Crippen molar-refractivity contribution in [3.63, 3.8) is 0 Å². The van der Waals surface area contributed by atoms with E-state index in [4.69, 9.17) is 0 Å². The molecule has 37 heavy (non-hydrogen) atoms. The zero-order valence-electron chi connectivity index (χ0n) is 21.4. The average Bonchev–Trinajstić information content (AvgIpc) is 2.93. The second kappa shape index (κ2) is 11.1. The molecule has 186 valence electrons. The summed E-state index contributed by atoms with van der Waals surface area (Å²) in [4.78, 5) is 27.6. The van der Waals surface area contributed by atoms with Gasteiger partial charge in [-0.25, -0.2) is 0 Å². The number of Topliss-reactive ketones (excluding diaryl/α,β-unsaturated/α-hetero) is 1. The summed E-state index contributed by atoms with van der Waals surface area (Å²) in [6, 6.07) is 35.3. The van der Waals surface area contributed by atoms with E-state index in [1.54, 1.807) is 24.3 Å². The van der Waals surface area contributed by atoms with Crippen LogP contribution in [0.1, 0.15) is 37.8 Å². The van der Waals surface area contributed by atoms with Crippen LogP contribution >= 0.6 is 7.14 Å². The van der Waals surface area contributed by atoms with Gasteiger partial charge in [-0.05, 0) is 17.2 Å². The summed E-state index contributed by atoms with van der Waals surface area (Å²) in [6.07, 6.45) is 3.19. The molecule has 4 aromatic rings. The van der Waals surface area contributed by atoms with E-state index in [1.165, 1.54) is 6.08 Å². The Morgan fingerprint density at radius 1 is 0.676 bits per heavy atom. The third kappa shape index (κ3) is 5.63. The first-order valence-electron chi connectivity index (χ1n) is 12.3. The van der Waals surface area contributed by atoms with Crippen molar-refractivity contribution in [3.8, 4) is 0 Å². The van der Waals surface area contributed by atoms with Crippen LogP contribution in [0.3, 0.4) is 0 Å². The molecule has 0 N–H and O–H groups in total. The molecular formula is C33H31O3P. The van der Waals surface area contributed by atoms with E-state index in [0.717, 1.165) is 5.56 Å². The van der Waals surface area contributed by atoms with E-state index in [2.05, 4.69) is 0 Å². The fourth-order valence-electron chi connectivity index (χ4n) is 4.42. The van der Waals surface area contributed by atoms with Gasteiger partial charge in [-0.1, -0.05) is 142 Å². The first-order chi connectivity index (χ1) is 17.7. The lowest BCUT2D eigenvalue weighted by molar-refractivity contribution is -0.132. The topological polar surface area (TPSA) is 51.2 Å². The third-order valence-electron chi connectivity index (χ3n) is 6.35. The summed E-state index contributed by atoms with van der Waals surface area (Å²) in [6.45, 7) is 5.44. The molecule has 0 amide bonds. The number of rotatable bonds is 8. The van der Waals surface area contributed by atoms with E-state index in [9.17, 15) is 9.59 Å². The van der Waals surface area contributed by atoms with Crippen LogP contribution < -0.4 is 15.9 Å². The van der Waals surface area contributed by atoms with Crippen LogP contribution in [0, 0.1) is 5.41 Å². The Balaban J connectivity index is 1.93. The normalized spacial score (nSPS) is 12.8. The number of benzene rings is 4. The molecule has 0 aliphatic carbocycles. The molecule has 4 aromatic carbocycles. The highest BCUT2D eigenvalue weighted by Gasteiger charge is 2.40. The molecule has 0 bridgehead atoms. The van der Waals surface area contributed by atoms with Crippen LogP contribution in [0.15, 0.2) is 121 Å². The maximum absolute atomic E-state index is 15.2. The van der Waals surface area contributed by atoms with Gasteiger partial charge in [-0.2, -0.15) is 0 Å². The lowest BCUT2D eigenvalue weighted by atomic mass is 9.77. The molecule has 0 aromatic heterocycles. The molecule has 0 spiro atoms. The minimum Gasteiger partial charge on any atom is -0.309 e. The second-order valence-corrected chi connectivity index (χ2v) is 12.8. The van der Waals surface area contributed by atoms with E-state index in [-0.39, 0.29) is 11.6 Å². The minimum absolute atomic E-state index is 0.213. The smallest absolute Gasteiger partial charge is 0.171 e. The Morgan fingerprint density at radius 3 is 1.65 bits per heavy atom. The van der Waals surface area contributed by atoms with Gasteiger partial charge in [0.05, 0.1) is 0 Å². The van der Waals surface area contributed by atoms with Crippen molar-refractivity contribution in [1.82, 2.24) is 0 Å². The molecule has 0 fully saturated rings. The number of allylic oxidation sites excluding steroid dienone is 1. The predicted octanol–water partition coefficient (Wildman–Crippen LogP) is 6.31. The van der Waals surface area contributed by atoms with Crippen LogP contribution in [-0.4, -0.2) is 11.6 Å². The number of carbonyl (C=O) groups excluding carboxylic acids is 2. The summed E-state index contributed by atoms with van der Waals surface area (Å²) >= 11 is 0. The van der Waals surface area contributed by atoms with Gasteiger partial charge in [-0.3, -0.25) is 9.59 Å². The van der Waals surface area contributed by atoms with Crippen LogP contribution in [0.2, 0.25) is 0 Å². The standard InChI is InChI=1S/C33H31O3P/c1-33(2,3)32(35)31(29(34)24-23-25-15-7-4-8-16-25)28-21-13-14-22-30(28)37(36,26-17-9-5-10-18-26)27-19-11-6-12-20-27/h4-24,31H,1-3H3/b24-23+. The Morgan fingerprint density at radius 2 is 1.14 bits per heavy atom. The molecule has 3 nitrogen and oxygen atoms in total. The lowest BCUT2D eigenvalue weighted by Gasteiger charge is -2.28. The number of ketones is 2. The summed E-state index contributed by atoms with van der Waals surface area (Å²) in [7, 11) is -3.41. The molecule has 4 heteroatoms. The number of hydrogen-bond acceptors (Lipinski definition) is 3. The van der Waals surface area contributed by atoms with Gasteiger partial charge in [0.1, 0.15) is 5.92 Å². The number of carbonyl (C=O) groups is 2. The van der Waals surface area contributed by atoms with E-state index in [0.29, 0.717) is 21.5 Å². The van der Waals surface area contributed by atoms with Crippen molar-refractivity contribution in [3.05, 3.63) is 132 Å². The second-order valence-electron chi connectivity index (χ2n) is 10.0. The van der Waals surface area contributed by atoms with Crippen molar-refractivity contribution >= 4 is 40.7 Å². The molecule has 0 aliphatic rings. The highest BCUT2D eigenvalue weighted by molar-refractivity contribution is 7.85. The summed E-state index contributed by atoms with van der Waals surface area (Å²) < 4.78 is 15.2. The van der Waals surface area contributed by atoms with Crippen molar-refractivity contribution < 1.29 is 14.2 Å². The minimum atomic E-state index is -3.41. The molecule has 0 heterocycles. The van der Waals surface area contributed by atoms with Crippen LogP contribution in [0.25, 0.3) is 6.08 Å². The van der Waals surface area contributed by atoms with Crippen molar-refractivity contribution in [2.24, 2.45) is 5.41 Å². The zero-order chi connectivity index (χ0) is 26.5. The van der Waals surface area contributed by atoms with Gasteiger partial charge in [-0.15, -0.1) is 0 Å². The zero-order valence-corrected chi connectivity index (χ0v) is 22.3. The summed E-state index contributed by atoms with van der Waals surface area (Å²) in [5.41, 5.74) is 0.573. The number of hydrogen-bond donors (Lipinski definition) is 0. The van der Waals surface area contributed by atoms with Gasteiger partial charge in [0.25, 0.3) is 0 Å². The van der Waals surface area contributed by atoms with E-state index >= 15 is 4.57 Å². The third-order valence-corrected chi connectivity index (χ3v) is 9.49. The fourth-order valence-corrected chi connectivity index (χ4v) is 7.32. The van der Waals surface area contributed by atoms with Gasteiger partial charge in [0, 0.05) is 21.3 Å². The average molecular weight is 507 g/mol. The lowest BCUT2D eigenvalue weighted by Crippen LogP contribution is -2.36. The van der Waals surface area contributed by atoms with Crippen molar-refractivity contribution in [2.45, 2.75) is 26.7 Å². The van der Waals surface area contributed by atoms with Gasteiger partial charge in [0.2, 0.25) is 0 Å².